The number of amides is 1. The van der Waals surface area contributed by atoms with Crippen molar-refractivity contribution < 1.29 is 13.2 Å². The van der Waals surface area contributed by atoms with Crippen molar-refractivity contribution in [3.63, 3.8) is 0 Å². The van der Waals surface area contributed by atoms with Gasteiger partial charge in [0.15, 0.2) is 0 Å². The largest absolute Gasteiger partial charge is 0.325 e. The summed E-state index contributed by atoms with van der Waals surface area (Å²) in [6, 6.07) is 5.63. The fourth-order valence-electron chi connectivity index (χ4n) is 2.03. The van der Waals surface area contributed by atoms with Gasteiger partial charge in [0.25, 0.3) is 0 Å². The maximum absolute atomic E-state index is 11.9. The molecule has 0 aliphatic carbocycles. The lowest BCUT2D eigenvalue weighted by Gasteiger charge is -2.22. The molecule has 0 radical (unpaired) electrons. The predicted octanol–water partition coefficient (Wildman–Crippen LogP) is 0.415. The third kappa shape index (κ3) is 3.76. The maximum Gasteiger partial charge on any atom is 0.241 e. The lowest BCUT2D eigenvalue weighted by atomic mass is 10.0. The fourth-order valence-corrected chi connectivity index (χ4v) is 2.55. The van der Waals surface area contributed by atoms with Crippen LogP contribution in [0.2, 0.25) is 0 Å². The van der Waals surface area contributed by atoms with E-state index in [1.807, 2.05) is 0 Å². The molecular formula is C12H17N3O3S. The second-order valence-corrected chi connectivity index (χ2v) is 6.12. The van der Waals surface area contributed by atoms with Gasteiger partial charge in [0.1, 0.15) is 0 Å². The number of carbonyl (C=O) groups excluding carboxylic acids is 1. The summed E-state index contributed by atoms with van der Waals surface area (Å²) >= 11 is 0. The zero-order chi connectivity index (χ0) is 13.9. The molecule has 0 saturated carbocycles. The molecule has 0 spiro atoms. The van der Waals surface area contributed by atoms with Crippen molar-refractivity contribution in [2.45, 2.75) is 30.2 Å². The van der Waals surface area contributed by atoms with Crippen molar-refractivity contribution in [1.29, 1.82) is 0 Å². The summed E-state index contributed by atoms with van der Waals surface area (Å²) < 4.78 is 22.2. The summed E-state index contributed by atoms with van der Waals surface area (Å²) in [5.41, 5.74) is 0.560. The van der Waals surface area contributed by atoms with Crippen LogP contribution in [0.4, 0.5) is 5.69 Å². The van der Waals surface area contributed by atoms with Crippen LogP contribution in [-0.2, 0) is 14.8 Å². The van der Waals surface area contributed by atoms with Crippen molar-refractivity contribution in [1.82, 2.24) is 5.32 Å². The van der Waals surface area contributed by atoms with Gasteiger partial charge in [-0.3, -0.25) is 4.79 Å². The lowest BCUT2D eigenvalue weighted by Crippen LogP contribution is -2.43. The molecule has 1 aromatic carbocycles. The molecular weight excluding hydrogens is 266 g/mol. The van der Waals surface area contributed by atoms with Crippen LogP contribution in [0, 0.1) is 0 Å². The van der Waals surface area contributed by atoms with Gasteiger partial charge >= 0.3 is 0 Å². The summed E-state index contributed by atoms with van der Waals surface area (Å²) in [5, 5.41) is 10.9. The molecule has 104 valence electrons. The minimum Gasteiger partial charge on any atom is -0.325 e. The minimum atomic E-state index is -3.69. The maximum atomic E-state index is 11.9. The van der Waals surface area contributed by atoms with Crippen molar-refractivity contribution >= 4 is 21.6 Å². The molecule has 1 amide bonds. The number of sulfonamides is 1. The standard InChI is InChI=1S/C12H17N3O3S/c13-19(17,18)10-6-4-9(5-7-10)15-12(16)11-3-1-2-8-14-11/h4-7,11,14H,1-3,8H2,(H,15,16)(H2,13,17,18)/t11-/m1/s1. The first-order valence-electron chi connectivity index (χ1n) is 6.14. The summed E-state index contributed by atoms with van der Waals surface area (Å²) in [7, 11) is -3.69. The molecule has 6 nitrogen and oxygen atoms in total. The van der Waals surface area contributed by atoms with E-state index in [4.69, 9.17) is 5.14 Å². The lowest BCUT2D eigenvalue weighted by molar-refractivity contribution is -0.118. The third-order valence-corrected chi connectivity index (χ3v) is 4.01. The Morgan fingerprint density at radius 2 is 1.95 bits per heavy atom. The fraction of sp³-hybridized carbons (Fsp3) is 0.417. The van der Waals surface area contributed by atoms with Gasteiger partial charge in [-0.2, -0.15) is 0 Å². The van der Waals surface area contributed by atoms with Crippen LogP contribution >= 0.6 is 0 Å². The Morgan fingerprint density at radius 3 is 2.47 bits per heavy atom. The van der Waals surface area contributed by atoms with Gasteiger partial charge in [-0.05, 0) is 43.7 Å². The van der Waals surface area contributed by atoms with Gasteiger partial charge in [0.2, 0.25) is 15.9 Å². The van der Waals surface area contributed by atoms with Crippen LogP contribution in [0.15, 0.2) is 29.2 Å². The number of nitrogens with one attached hydrogen (secondary N) is 2. The van der Waals surface area contributed by atoms with Crippen LogP contribution in [0.25, 0.3) is 0 Å². The average Bonchev–Trinajstić information content (AvgIpc) is 2.39. The Morgan fingerprint density at radius 1 is 1.26 bits per heavy atom. The highest BCUT2D eigenvalue weighted by atomic mass is 32.2. The summed E-state index contributed by atoms with van der Waals surface area (Å²) in [6.45, 7) is 0.850. The molecule has 7 heteroatoms. The number of carbonyl (C=O) groups is 1. The van der Waals surface area contributed by atoms with Crippen LogP contribution in [-0.4, -0.2) is 26.9 Å². The van der Waals surface area contributed by atoms with E-state index in [1.54, 1.807) is 0 Å². The van der Waals surface area contributed by atoms with Gasteiger partial charge < -0.3 is 10.6 Å². The van der Waals surface area contributed by atoms with Gasteiger partial charge in [-0.25, -0.2) is 13.6 Å². The predicted molar refractivity (Wildman–Crippen MR) is 72.1 cm³/mol. The molecule has 1 aliphatic heterocycles. The molecule has 1 heterocycles. The summed E-state index contributed by atoms with van der Waals surface area (Å²) in [4.78, 5) is 12.0. The molecule has 19 heavy (non-hydrogen) atoms. The van der Waals surface area contributed by atoms with Crippen molar-refractivity contribution in [2.75, 3.05) is 11.9 Å². The Bertz CT molecular complexity index is 548. The SMILES string of the molecule is NS(=O)(=O)c1ccc(NC(=O)[C@H]2CCCCN2)cc1. The highest BCUT2D eigenvalue weighted by molar-refractivity contribution is 7.89. The van der Waals surface area contributed by atoms with Crippen molar-refractivity contribution in [3.8, 4) is 0 Å². The number of anilines is 1. The van der Waals surface area contributed by atoms with E-state index in [0.717, 1.165) is 25.8 Å². The second kappa shape index (κ2) is 5.68. The van der Waals surface area contributed by atoms with E-state index in [-0.39, 0.29) is 16.8 Å². The number of hydrogen-bond donors (Lipinski definition) is 3. The first-order chi connectivity index (χ1) is 8.97. The quantitative estimate of drug-likeness (QED) is 0.748. The molecule has 1 aliphatic rings. The van der Waals surface area contributed by atoms with Crippen LogP contribution in [0.3, 0.4) is 0 Å². The molecule has 0 bridgehead atoms. The average molecular weight is 283 g/mol. The Kier molecular flexibility index (Phi) is 4.18. The van der Waals surface area contributed by atoms with Gasteiger partial charge in [0, 0.05) is 5.69 Å². The Labute approximate surface area is 112 Å². The number of hydrogen-bond acceptors (Lipinski definition) is 4. The monoisotopic (exact) mass is 283 g/mol. The topological polar surface area (TPSA) is 101 Å². The summed E-state index contributed by atoms with van der Waals surface area (Å²) in [5.74, 6) is -0.0944. The molecule has 0 unspecified atom stereocenters. The van der Waals surface area contributed by atoms with Gasteiger partial charge in [0.05, 0.1) is 10.9 Å². The van der Waals surface area contributed by atoms with Crippen molar-refractivity contribution in [2.24, 2.45) is 5.14 Å². The van der Waals surface area contributed by atoms with Gasteiger partial charge in [-0.1, -0.05) is 6.42 Å². The molecule has 1 fully saturated rings. The van der Waals surface area contributed by atoms with E-state index in [0.29, 0.717) is 5.69 Å². The van der Waals surface area contributed by atoms with Crippen molar-refractivity contribution in [3.05, 3.63) is 24.3 Å². The Hall–Kier alpha value is -1.44. The first kappa shape index (κ1) is 14.0. The second-order valence-electron chi connectivity index (χ2n) is 4.56. The molecule has 0 aromatic heterocycles. The first-order valence-corrected chi connectivity index (χ1v) is 7.68. The highest BCUT2D eigenvalue weighted by Gasteiger charge is 2.20. The van der Waals surface area contributed by atoms with E-state index < -0.39 is 10.0 Å². The highest BCUT2D eigenvalue weighted by Crippen LogP contribution is 2.14. The zero-order valence-corrected chi connectivity index (χ0v) is 11.2. The molecule has 1 aromatic rings. The number of primary sulfonamides is 1. The van der Waals surface area contributed by atoms with Crippen LogP contribution in [0.1, 0.15) is 19.3 Å². The Balaban J connectivity index is 2.01. The number of piperidine rings is 1. The normalized spacial score (nSPS) is 19.9. The number of benzene rings is 1. The molecule has 1 atom stereocenters. The van der Waals surface area contributed by atoms with E-state index in [1.165, 1.54) is 24.3 Å². The third-order valence-electron chi connectivity index (χ3n) is 3.08. The van der Waals surface area contributed by atoms with E-state index in [2.05, 4.69) is 10.6 Å². The van der Waals surface area contributed by atoms with Crippen LogP contribution in [0.5, 0.6) is 0 Å². The molecule has 1 saturated heterocycles. The molecule has 4 N–H and O–H groups in total. The van der Waals surface area contributed by atoms with Crippen LogP contribution < -0.4 is 15.8 Å². The van der Waals surface area contributed by atoms with Gasteiger partial charge in [-0.15, -0.1) is 0 Å². The van der Waals surface area contributed by atoms with E-state index >= 15 is 0 Å². The zero-order valence-electron chi connectivity index (χ0n) is 10.4. The minimum absolute atomic E-state index is 0.0290. The molecule has 2 rings (SSSR count). The summed E-state index contributed by atoms with van der Waals surface area (Å²) in [6.07, 6.45) is 2.95. The smallest absolute Gasteiger partial charge is 0.241 e. The van der Waals surface area contributed by atoms with E-state index in [9.17, 15) is 13.2 Å². The number of nitrogens with two attached hydrogens (primary N) is 1. The number of rotatable bonds is 3.